The molecule has 0 spiro atoms. The van der Waals surface area contributed by atoms with Crippen LogP contribution in [0.4, 0.5) is 0 Å². The zero-order chi connectivity index (χ0) is 15.1. The maximum atomic E-state index is 5.75. The Morgan fingerprint density at radius 1 is 1.14 bits per heavy atom. The van der Waals surface area contributed by atoms with Gasteiger partial charge in [0.2, 0.25) is 0 Å². The Morgan fingerprint density at radius 3 is 2.48 bits per heavy atom. The molecular weight excluding hydrogens is 258 g/mol. The smallest absolute Gasteiger partial charge is 0.0716 e. The van der Waals surface area contributed by atoms with Gasteiger partial charge in [0.1, 0.15) is 0 Å². The van der Waals surface area contributed by atoms with Crippen molar-refractivity contribution in [1.29, 1.82) is 0 Å². The van der Waals surface area contributed by atoms with Crippen LogP contribution in [0.1, 0.15) is 63.5 Å². The Kier molecular flexibility index (Phi) is 6.72. The van der Waals surface area contributed by atoms with Crippen molar-refractivity contribution in [3.63, 3.8) is 0 Å². The minimum Gasteiger partial charge on any atom is -0.377 e. The van der Waals surface area contributed by atoms with Crippen LogP contribution in [0.2, 0.25) is 0 Å². The molecule has 2 nitrogen and oxygen atoms in total. The summed E-state index contributed by atoms with van der Waals surface area (Å²) in [5.74, 6) is 1.37. The first kappa shape index (κ1) is 16.5. The molecule has 1 aromatic rings. The molecule has 21 heavy (non-hydrogen) atoms. The van der Waals surface area contributed by atoms with Crippen LogP contribution in [-0.2, 0) is 11.3 Å². The lowest BCUT2D eigenvalue weighted by molar-refractivity contribution is 0.115. The van der Waals surface area contributed by atoms with Crippen LogP contribution in [0.3, 0.4) is 0 Å². The van der Waals surface area contributed by atoms with Crippen molar-refractivity contribution in [2.24, 2.45) is 5.92 Å². The van der Waals surface area contributed by atoms with Crippen molar-refractivity contribution in [2.45, 2.75) is 65.0 Å². The number of hydrogen-bond acceptors (Lipinski definition) is 2. The average molecular weight is 289 g/mol. The third-order valence-electron chi connectivity index (χ3n) is 4.18. The molecule has 1 saturated carbocycles. The van der Waals surface area contributed by atoms with Crippen LogP contribution in [0.25, 0.3) is 0 Å². The average Bonchev–Trinajstić information content (AvgIpc) is 3.29. The van der Waals surface area contributed by atoms with E-state index in [2.05, 4.69) is 50.4 Å². The predicted molar refractivity (Wildman–Crippen MR) is 89.6 cm³/mol. The van der Waals surface area contributed by atoms with E-state index in [1.165, 1.54) is 36.8 Å². The first-order valence-electron chi connectivity index (χ1n) is 8.55. The number of benzene rings is 1. The quantitative estimate of drug-likeness (QED) is 0.641. The Bertz CT molecular complexity index is 395. The van der Waals surface area contributed by atoms with Crippen molar-refractivity contribution in [2.75, 3.05) is 13.2 Å². The van der Waals surface area contributed by atoms with Crippen LogP contribution in [0.5, 0.6) is 0 Å². The zero-order valence-electron chi connectivity index (χ0n) is 13.9. The highest BCUT2D eigenvalue weighted by Crippen LogP contribution is 2.21. The van der Waals surface area contributed by atoms with Crippen LogP contribution in [0.15, 0.2) is 24.3 Å². The Labute approximate surface area is 130 Å². The van der Waals surface area contributed by atoms with E-state index in [0.29, 0.717) is 5.92 Å². The van der Waals surface area contributed by atoms with E-state index in [1.54, 1.807) is 0 Å². The van der Waals surface area contributed by atoms with E-state index < -0.39 is 0 Å². The molecule has 0 bridgehead atoms. The molecule has 0 amide bonds. The minimum absolute atomic E-state index is 0.589. The van der Waals surface area contributed by atoms with E-state index in [9.17, 15) is 0 Å². The van der Waals surface area contributed by atoms with E-state index in [0.717, 1.165) is 31.7 Å². The number of rotatable bonds is 10. The van der Waals surface area contributed by atoms with Gasteiger partial charge in [0, 0.05) is 19.2 Å². The third-order valence-corrected chi connectivity index (χ3v) is 4.18. The standard InChI is InChI=1S/C19H31NO/c1-15(2)5-4-12-21-14-17-6-8-18(9-7-17)16(3)13-20-19-10-11-19/h6-9,15-16,19-20H,4-5,10-14H2,1-3H3. The van der Waals surface area contributed by atoms with E-state index in [4.69, 9.17) is 4.74 Å². The first-order chi connectivity index (χ1) is 10.1. The summed E-state index contributed by atoms with van der Waals surface area (Å²) in [5.41, 5.74) is 2.71. The molecule has 1 fully saturated rings. The van der Waals surface area contributed by atoms with Crippen LogP contribution < -0.4 is 5.32 Å². The summed E-state index contributed by atoms with van der Waals surface area (Å²) >= 11 is 0. The second-order valence-corrected chi connectivity index (χ2v) is 6.91. The zero-order valence-corrected chi connectivity index (χ0v) is 13.9. The molecule has 0 heterocycles. The molecule has 0 saturated heterocycles. The van der Waals surface area contributed by atoms with Crippen molar-refractivity contribution in [1.82, 2.24) is 5.32 Å². The lowest BCUT2D eigenvalue weighted by Crippen LogP contribution is -2.21. The lowest BCUT2D eigenvalue weighted by atomic mass is 10.00. The molecule has 1 aromatic carbocycles. The second-order valence-electron chi connectivity index (χ2n) is 6.91. The summed E-state index contributed by atoms with van der Waals surface area (Å²) in [6, 6.07) is 9.74. The van der Waals surface area contributed by atoms with Gasteiger partial charge < -0.3 is 10.1 Å². The minimum atomic E-state index is 0.589. The normalized spacial score (nSPS) is 16.4. The molecule has 0 aliphatic heterocycles. The Balaban J connectivity index is 1.65. The molecule has 2 heteroatoms. The number of hydrogen-bond donors (Lipinski definition) is 1. The molecule has 0 aromatic heterocycles. The topological polar surface area (TPSA) is 21.3 Å². The molecule has 2 rings (SSSR count). The fourth-order valence-electron chi connectivity index (χ4n) is 2.47. The summed E-state index contributed by atoms with van der Waals surface area (Å²) in [6.45, 7) is 9.53. The molecule has 118 valence electrons. The highest BCUT2D eigenvalue weighted by Gasteiger charge is 2.21. The number of ether oxygens (including phenoxy) is 1. The van der Waals surface area contributed by atoms with Crippen molar-refractivity contribution >= 4 is 0 Å². The maximum absolute atomic E-state index is 5.75. The SMILES string of the molecule is CC(C)CCCOCc1ccc(C(C)CNC2CC2)cc1. The number of nitrogens with one attached hydrogen (secondary N) is 1. The molecule has 1 N–H and O–H groups in total. The van der Waals surface area contributed by atoms with Crippen molar-refractivity contribution < 1.29 is 4.74 Å². The monoisotopic (exact) mass is 289 g/mol. The van der Waals surface area contributed by atoms with Gasteiger partial charge in [-0.25, -0.2) is 0 Å². The summed E-state index contributed by atoms with van der Waals surface area (Å²) in [7, 11) is 0. The third kappa shape index (κ3) is 6.62. The largest absolute Gasteiger partial charge is 0.377 e. The van der Waals surface area contributed by atoms with Gasteiger partial charge in [-0.1, -0.05) is 45.0 Å². The van der Waals surface area contributed by atoms with E-state index in [-0.39, 0.29) is 0 Å². The second kappa shape index (κ2) is 8.55. The van der Waals surface area contributed by atoms with Gasteiger partial charge in [-0.15, -0.1) is 0 Å². The van der Waals surface area contributed by atoms with Gasteiger partial charge in [-0.2, -0.15) is 0 Å². The fourth-order valence-corrected chi connectivity index (χ4v) is 2.47. The summed E-state index contributed by atoms with van der Waals surface area (Å²) < 4.78 is 5.75. The molecule has 0 radical (unpaired) electrons. The predicted octanol–water partition coefficient (Wildman–Crippen LogP) is 4.49. The Morgan fingerprint density at radius 2 is 1.86 bits per heavy atom. The molecular formula is C19H31NO. The van der Waals surface area contributed by atoms with Gasteiger partial charge in [-0.3, -0.25) is 0 Å². The van der Waals surface area contributed by atoms with Gasteiger partial charge in [-0.05, 0) is 48.6 Å². The van der Waals surface area contributed by atoms with Gasteiger partial charge in [0.05, 0.1) is 6.61 Å². The molecule has 1 unspecified atom stereocenters. The lowest BCUT2D eigenvalue weighted by Gasteiger charge is -2.13. The van der Waals surface area contributed by atoms with Crippen molar-refractivity contribution in [3.8, 4) is 0 Å². The van der Waals surface area contributed by atoms with Gasteiger partial charge >= 0.3 is 0 Å². The molecule has 1 aliphatic carbocycles. The maximum Gasteiger partial charge on any atom is 0.0716 e. The van der Waals surface area contributed by atoms with Crippen LogP contribution in [-0.4, -0.2) is 19.2 Å². The summed E-state index contributed by atoms with van der Waals surface area (Å²) in [6.07, 6.45) is 5.14. The van der Waals surface area contributed by atoms with Crippen LogP contribution in [0, 0.1) is 5.92 Å². The Hall–Kier alpha value is -0.860. The fraction of sp³-hybridized carbons (Fsp3) is 0.684. The highest BCUT2D eigenvalue weighted by atomic mass is 16.5. The summed E-state index contributed by atoms with van der Waals surface area (Å²) in [5, 5.41) is 3.60. The van der Waals surface area contributed by atoms with Crippen molar-refractivity contribution in [3.05, 3.63) is 35.4 Å². The highest BCUT2D eigenvalue weighted by molar-refractivity contribution is 5.25. The molecule has 1 aliphatic rings. The van der Waals surface area contributed by atoms with Crippen LogP contribution >= 0.6 is 0 Å². The van der Waals surface area contributed by atoms with E-state index in [1.807, 2.05) is 0 Å². The van der Waals surface area contributed by atoms with E-state index >= 15 is 0 Å². The summed E-state index contributed by atoms with van der Waals surface area (Å²) in [4.78, 5) is 0. The first-order valence-corrected chi connectivity index (χ1v) is 8.55. The van der Waals surface area contributed by atoms with Gasteiger partial charge in [0.25, 0.3) is 0 Å². The van der Waals surface area contributed by atoms with Gasteiger partial charge in [0.15, 0.2) is 0 Å². The molecule has 1 atom stereocenters.